The van der Waals surface area contributed by atoms with Crippen LogP contribution in [0.3, 0.4) is 0 Å². The molecule has 0 aliphatic heterocycles. The molecule has 17 heavy (non-hydrogen) atoms. The summed E-state index contributed by atoms with van der Waals surface area (Å²) in [6, 6.07) is 0. The number of ether oxygens (including phenoxy) is 1. The van der Waals surface area contributed by atoms with Gasteiger partial charge in [0, 0.05) is 12.8 Å². The van der Waals surface area contributed by atoms with E-state index in [1.165, 1.54) is 0 Å². The number of esters is 1. The van der Waals surface area contributed by atoms with Gasteiger partial charge in [-0.1, -0.05) is 0 Å². The Bertz CT molecular complexity index is 366. The highest BCUT2D eigenvalue weighted by Crippen LogP contribution is 2.17. The summed E-state index contributed by atoms with van der Waals surface area (Å²) in [7, 11) is 1.83. The molecule has 0 aliphatic rings. The first-order valence-electron chi connectivity index (χ1n) is 5.66. The molecule has 1 heterocycles. The summed E-state index contributed by atoms with van der Waals surface area (Å²) >= 11 is 1.75. The molecule has 0 saturated heterocycles. The van der Waals surface area contributed by atoms with Gasteiger partial charge in [-0.2, -0.15) is 16.9 Å². The standard InChI is InChI=1S/C11H19N3O2S/c1-3-16-11(15)9-7-13-14(2)10(9)8-17-6-4-5-12/h7H,3-6,8,12H2,1-2H3. The van der Waals surface area contributed by atoms with Gasteiger partial charge in [-0.15, -0.1) is 0 Å². The van der Waals surface area contributed by atoms with Gasteiger partial charge in [-0.05, 0) is 25.6 Å². The van der Waals surface area contributed by atoms with Crippen molar-refractivity contribution in [3.05, 3.63) is 17.5 Å². The van der Waals surface area contributed by atoms with E-state index in [1.54, 1.807) is 29.6 Å². The van der Waals surface area contributed by atoms with E-state index in [0.717, 1.165) is 23.6 Å². The maximum Gasteiger partial charge on any atom is 0.341 e. The monoisotopic (exact) mass is 257 g/mol. The fourth-order valence-electron chi connectivity index (χ4n) is 1.37. The van der Waals surface area contributed by atoms with Crippen LogP contribution in [0.25, 0.3) is 0 Å². The highest BCUT2D eigenvalue weighted by molar-refractivity contribution is 7.98. The summed E-state index contributed by atoms with van der Waals surface area (Å²) in [5.74, 6) is 1.45. The van der Waals surface area contributed by atoms with Gasteiger partial charge in [0.1, 0.15) is 5.56 Å². The average molecular weight is 257 g/mol. The Morgan fingerprint density at radius 1 is 1.65 bits per heavy atom. The zero-order chi connectivity index (χ0) is 12.7. The van der Waals surface area contributed by atoms with E-state index in [-0.39, 0.29) is 5.97 Å². The summed E-state index contributed by atoms with van der Waals surface area (Å²) in [6.07, 6.45) is 2.55. The molecule has 0 atom stereocenters. The van der Waals surface area contributed by atoms with Crippen molar-refractivity contribution < 1.29 is 9.53 Å². The average Bonchev–Trinajstić information content (AvgIpc) is 2.67. The normalized spacial score (nSPS) is 10.5. The minimum atomic E-state index is -0.296. The second-order valence-electron chi connectivity index (χ2n) is 3.54. The van der Waals surface area contributed by atoms with Crippen molar-refractivity contribution in [3.63, 3.8) is 0 Å². The van der Waals surface area contributed by atoms with Crippen LogP contribution in [0.2, 0.25) is 0 Å². The number of carbonyl (C=O) groups is 1. The number of rotatable bonds is 7. The first kappa shape index (κ1) is 14.1. The minimum Gasteiger partial charge on any atom is -0.462 e. The number of nitrogens with two attached hydrogens (primary N) is 1. The lowest BCUT2D eigenvalue weighted by molar-refractivity contribution is 0.0525. The van der Waals surface area contributed by atoms with Crippen LogP contribution in [0, 0.1) is 0 Å². The molecule has 0 fully saturated rings. The zero-order valence-corrected chi connectivity index (χ0v) is 11.1. The Balaban J connectivity index is 2.63. The fourth-order valence-corrected chi connectivity index (χ4v) is 2.42. The molecule has 0 spiro atoms. The second kappa shape index (κ2) is 7.34. The molecule has 5 nitrogen and oxygen atoms in total. The van der Waals surface area contributed by atoms with E-state index in [4.69, 9.17) is 10.5 Å². The van der Waals surface area contributed by atoms with Gasteiger partial charge in [0.2, 0.25) is 0 Å². The van der Waals surface area contributed by atoms with Gasteiger partial charge in [0.15, 0.2) is 0 Å². The highest BCUT2D eigenvalue weighted by Gasteiger charge is 2.16. The quantitative estimate of drug-likeness (QED) is 0.586. The third-order valence-corrected chi connectivity index (χ3v) is 3.34. The molecule has 0 aliphatic carbocycles. The van der Waals surface area contributed by atoms with Crippen molar-refractivity contribution in [1.29, 1.82) is 0 Å². The van der Waals surface area contributed by atoms with Gasteiger partial charge in [0.05, 0.1) is 18.5 Å². The molecule has 0 saturated carbocycles. The van der Waals surface area contributed by atoms with E-state index in [9.17, 15) is 4.79 Å². The van der Waals surface area contributed by atoms with Crippen LogP contribution in [-0.2, 0) is 17.5 Å². The molecule has 1 rings (SSSR count). The molecular formula is C11H19N3O2S. The number of aryl methyl sites for hydroxylation is 1. The van der Waals surface area contributed by atoms with Crippen LogP contribution in [0.5, 0.6) is 0 Å². The predicted molar refractivity (Wildman–Crippen MR) is 69.0 cm³/mol. The van der Waals surface area contributed by atoms with E-state index in [1.807, 2.05) is 7.05 Å². The lowest BCUT2D eigenvalue weighted by Crippen LogP contribution is -2.08. The molecule has 0 radical (unpaired) electrons. The number of hydrogen-bond donors (Lipinski definition) is 1. The molecular weight excluding hydrogens is 238 g/mol. The number of carbonyl (C=O) groups excluding carboxylic acids is 1. The summed E-state index contributed by atoms with van der Waals surface area (Å²) in [6.45, 7) is 2.88. The first-order chi connectivity index (χ1) is 8.20. The van der Waals surface area contributed by atoms with Gasteiger partial charge in [-0.3, -0.25) is 4.68 Å². The number of nitrogens with zero attached hydrogens (tertiary/aromatic N) is 2. The van der Waals surface area contributed by atoms with E-state index < -0.39 is 0 Å². The maximum atomic E-state index is 11.7. The smallest absolute Gasteiger partial charge is 0.341 e. The van der Waals surface area contributed by atoms with Gasteiger partial charge >= 0.3 is 5.97 Å². The lowest BCUT2D eigenvalue weighted by atomic mass is 10.3. The van der Waals surface area contributed by atoms with Gasteiger partial charge in [0.25, 0.3) is 0 Å². The van der Waals surface area contributed by atoms with Crippen LogP contribution in [-0.4, -0.2) is 34.7 Å². The molecule has 6 heteroatoms. The Morgan fingerprint density at radius 2 is 2.41 bits per heavy atom. The van der Waals surface area contributed by atoms with Crippen molar-refractivity contribution in [2.24, 2.45) is 12.8 Å². The molecule has 1 aromatic rings. The fraction of sp³-hybridized carbons (Fsp3) is 0.636. The van der Waals surface area contributed by atoms with E-state index >= 15 is 0 Å². The van der Waals surface area contributed by atoms with Crippen LogP contribution in [0.4, 0.5) is 0 Å². The summed E-state index contributed by atoms with van der Waals surface area (Å²) in [5.41, 5.74) is 6.90. The number of hydrogen-bond acceptors (Lipinski definition) is 5. The zero-order valence-electron chi connectivity index (χ0n) is 10.3. The summed E-state index contributed by atoms with van der Waals surface area (Å²) in [5, 5.41) is 4.10. The minimum absolute atomic E-state index is 0.296. The van der Waals surface area contributed by atoms with E-state index in [2.05, 4.69) is 5.10 Å². The van der Waals surface area contributed by atoms with Crippen LogP contribution < -0.4 is 5.73 Å². The van der Waals surface area contributed by atoms with Crippen molar-refractivity contribution in [2.45, 2.75) is 19.1 Å². The molecule has 1 aromatic heterocycles. The number of aromatic nitrogens is 2. The topological polar surface area (TPSA) is 70.1 Å². The number of thioether (sulfide) groups is 1. The van der Waals surface area contributed by atoms with Crippen molar-refractivity contribution in [3.8, 4) is 0 Å². The van der Waals surface area contributed by atoms with Crippen LogP contribution in [0.1, 0.15) is 29.4 Å². The molecule has 0 bridgehead atoms. The first-order valence-corrected chi connectivity index (χ1v) is 6.82. The third-order valence-electron chi connectivity index (χ3n) is 2.29. The second-order valence-corrected chi connectivity index (χ2v) is 4.65. The predicted octanol–water partition coefficient (Wildman–Crippen LogP) is 1.18. The SMILES string of the molecule is CCOC(=O)c1cnn(C)c1CSCCCN. The Hall–Kier alpha value is -1.01. The van der Waals surface area contributed by atoms with Gasteiger partial charge in [-0.25, -0.2) is 4.79 Å². The van der Waals surface area contributed by atoms with Gasteiger partial charge < -0.3 is 10.5 Å². The maximum absolute atomic E-state index is 11.7. The van der Waals surface area contributed by atoms with Crippen molar-refractivity contribution in [1.82, 2.24) is 9.78 Å². The highest BCUT2D eigenvalue weighted by atomic mass is 32.2. The third kappa shape index (κ3) is 4.05. The molecule has 0 amide bonds. The molecule has 2 N–H and O–H groups in total. The summed E-state index contributed by atoms with van der Waals surface area (Å²) < 4.78 is 6.71. The molecule has 0 aromatic carbocycles. The molecule has 0 unspecified atom stereocenters. The molecule has 96 valence electrons. The van der Waals surface area contributed by atoms with E-state index in [0.29, 0.717) is 18.7 Å². The van der Waals surface area contributed by atoms with Crippen LogP contribution >= 0.6 is 11.8 Å². The largest absolute Gasteiger partial charge is 0.462 e. The Labute approximate surface area is 106 Å². The van der Waals surface area contributed by atoms with Crippen molar-refractivity contribution in [2.75, 3.05) is 18.9 Å². The van der Waals surface area contributed by atoms with Crippen LogP contribution in [0.15, 0.2) is 6.20 Å². The lowest BCUT2D eigenvalue weighted by Gasteiger charge is -2.05. The van der Waals surface area contributed by atoms with Crippen molar-refractivity contribution >= 4 is 17.7 Å². The summed E-state index contributed by atoms with van der Waals surface area (Å²) in [4.78, 5) is 11.7. The Kier molecular flexibility index (Phi) is 6.07. The Morgan fingerprint density at radius 3 is 3.06 bits per heavy atom.